The van der Waals surface area contributed by atoms with Crippen molar-refractivity contribution in [3.8, 4) is 0 Å². The van der Waals surface area contributed by atoms with Crippen LogP contribution in [0.25, 0.3) is 0 Å². The minimum Gasteiger partial charge on any atom is -0.456 e. The zero-order valence-electron chi connectivity index (χ0n) is 15.5. The van der Waals surface area contributed by atoms with Crippen LogP contribution in [-0.4, -0.2) is 45.2 Å². The number of aliphatic hydroxyl groups is 2. The smallest absolute Gasteiger partial charge is 0.334 e. The van der Waals surface area contributed by atoms with Gasteiger partial charge in [0.25, 0.3) is 0 Å². The van der Waals surface area contributed by atoms with Gasteiger partial charge in [-0.15, -0.1) is 0 Å². The van der Waals surface area contributed by atoms with Gasteiger partial charge in [-0.05, 0) is 65.2 Å². The summed E-state index contributed by atoms with van der Waals surface area (Å²) in [4.78, 5) is 12.2. The molecule has 2 aliphatic heterocycles. The quantitative estimate of drug-likeness (QED) is 0.304. The second-order valence-electron chi connectivity index (χ2n) is 8.67. The molecule has 0 aromatic rings. The lowest BCUT2D eigenvalue weighted by Crippen LogP contribution is -2.47. The van der Waals surface area contributed by atoms with Crippen molar-refractivity contribution in [2.75, 3.05) is 0 Å². The Labute approximate surface area is 149 Å². The Kier molecular flexibility index (Phi) is 4.63. The topological polar surface area (TPSA) is 79.3 Å². The van der Waals surface area contributed by atoms with E-state index in [0.717, 1.165) is 19.3 Å². The summed E-state index contributed by atoms with van der Waals surface area (Å²) in [6.45, 7) is 9.44. The Morgan fingerprint density at radius 3 is 2.60 bits per heavy atom. The third kappa shape index (κ3) is 3.99. The fourth-order valence-corrected chi connectivity index (χ4v) is 4.02. The maximum Gasteiger partial charge on any atom is 0.334 e. The summed E-state index contributed by atoms with van der Waals surface area (Å²) in [7, 11) is 0. The van der Waals surface area contributed by atoms with Crippen LogP contribution in [0.3, 0.4) is 0 Å². The number of carbonyl (C=O) groups is 1. The summed E-state index contributed by atoms with van der Waals surface area (Å²) in [6, 6.07) is 0. The Hall–Kier alpha value is -1.17. The number of carbonyl (C=O) groups excluding carboxylic acids is 1. The largest absolute Gasteiger partial charge is 0.456 e. The van der Waals surface area contributed by atoms with E-state index in [1.807, 2.05) is 0 Å². The third-order valence-corrected chi connectivity index (χ3v) is 6.14. The fourth-order valence-electron chi connectivity index (χ4n) is 4.02. The van der Waals surface area contributed by atoms with Gasteiger partial charge in [-0.25, -0.2) is 4.79 Å². The van der Waals surface area contributed by atoms with Crippen LogP contribution in [0.4, 0.5) is 0 Å². The maximum atomic E-state index is 12.2. The van der Waals surface area contributed by atoms with Crippen molar-refractivity contribution in [1.82, 2.24) is 0 Å². The minimum atomic E-state index is -1.17. The van der Waals surface area contributed by atoms with Crippen molar-refractivity contribution in [3.05, 3.63) is 24.3 Å². The zero-order valence-corrected chi connectivity index (χ0v) is 15.5. The van der Waals surface area contributed by atoms with Gasteiger partial charge in [-0.1, -0.05) is 18.7 Å². The van der Waals surface area contributed by atoms with Crippen LogP contribution in [0.5, 0.6) is 0 Å². The van der Waals surface area contributed by atoms with Gasteiger partial charge < -0.3 is 19.7 Å². The molecule has 6 atom stereocenters. The van der Waals surface area contributed by atoms with Crippen molar-refractivity contribution < 1.29 is 24.5 Å². The maximum absolute atomic E-state index is 12.2. The molecule has 0 aromatic heterocycles. The first-order valence-electron chi connectivity index (χ1n) is 9.22. The normalized spacial score (nSPS) is 48.3. The average Bonchev–Trinajstić information content (AvgIpc) is 3.16. The third-order valence-electron chi connectivity index (χ3n) is 6.14. The van der Waals surface area contributed by atoms with Crippen molar-refractivity contribution in [3.63, 3.8) is 0 Å². The van der Waals surface area contributed by atoms with E-state index in [1.165, 1.54) is 0 Å². The molecule has 0 spiro atoms. The van der Waals surface area contributed by atoms with Crippen LogP contribution in [0.1, 0.15) is 59.3 Å². The van der Waals surface area contributed by atoms with Crippen LogP contribution in [-0.2, 0) is 14.3 Å². The van der Waals surface area contributed by atoms with E-state index >= 15 is 0 Å². The Morgan fingerprint density at radius 1 is 1.16 bits per heavy atom. The summed E-state index contributed by atoms with van der Waals surface area (Å²) in [5, 5.41) is 21.3. The zero-order chi connectivity index (χ0) is 18.5. The van der Waals surface area contributed by atoms with Gasteiger partial charge in [0.05, 0.1) is 17.3 Å². The number of hydrogen-bond acceptors (Lipinski definition) is 5. The highest BCUT2D eigenvalue weighted by Crippen LogP contribution is 2.46. The lowest BCUT2D eigenvalue weighted by molar-refractivity contribution is -0.167. The minimum absolute atomic E-state index is 0.00873. The summed E-state index contributed by atoms with van der Waals surface area (Å²) in [5.41, 5.74) is -1.80. The molecule has 2 heterocycles. The molecule has 0 amide bonds. The van der Waals surface area contributed by atoms with Crippen LogP contribution < -0.4 is 0 Å². The highest BCUT2D eigenvalue weighted by Gasteiger charge is 2.52. The molecular weight excluding hydrogens is 320 g/mol. The van der Waals surface area contributed by atoms with Crippen molar-refractivity contribution in [2.45, 2.75) is 88.3 Å². The molecule has 2 N–H and O–H groups in total. The molecule has 0 saturated carbocycles. The lowest BCUT2D eigenvalue weighted by Gasteiger charge is -2.38. The molecule has 3 rings (SSSR count). The average molecular weight is 350 g/mol. The van der Waals surface area contributed by atoms with Gasteiger partial charge in [-0.2, -0.15) is 0 Å². The molecule has 0 radical (unpaired) electrons. The summed E-state index contributed by atoms with van der Waals surface area (Å²) in [5.74, 6) is -0.405. The van der Waals surface area contributed by atoms with E-state index in [1.54, 1.807) is 26.0 Å². The van der Waals surface area contributed by atoms with Crippen LogP contribution >= 0.6 is 0 Å². The molecule has 2 fully saturated rings. The number of rotatable bonds is 0. The highest BCUT2D eigenvalue weighted by molar-refractivity contribution is 5.89. The Morgan fingerprint density at radius 2 is 1.88 bits per heavy atom. The highest BCUT2D eigenvalue weighted by atomic mass is 16.6. The molecule has 6 unspecified atom stereocenters. The first-order valence-corrected chi connectivity index (χ1v) is 9.22. The summed E-state index contributed by atoms with van der Waals surface area (Å²) < 4.78 is 11.3. The molecule has 5 heteroatoms. The second kappa shape index (κ2) is 6.22. The standard InChI is InChI=1S/C20H30O5/c1-13-14-6-11-20(4)15(25-20)7-10-18(2,22)8-5-9-19(3,23)16(12-14)24-17(13)21/h5,8,14-16,22-23H,1,6-7,9-12H2,2-4H3. The van der Waals surface area contributed by atoms with E-state index in [4.69, 9.17) is 9.47 Å². The van der Waals surface area contributed by atoms with Crippen LogP contribution in [0.2, 0.25) is 0 Å². The fraction of sp³-hybridized carbons (Fsp3) is 0.750. The Bertz CT molecular complexity index is 591. The number of epoxide rings is 1. The first kappa shape index (κ1) is 18.6. The molecule has 1 aliphatic carbocycles. The molecule has 2 bridgehead atoms. The van der Waals surface area contributed by atoms with Crippen LogP contribution in [0.15, 0.2) is 24.3 Å². The van der Waals surface area contributed by atoms with E-state index < -0.39 is 23.3 Å². The summed E-state index contributed by atoms with van der Waals surface area (Å²) in [6.07, 6.45) is 7.01. The molecule has 25 heavy (non-hydrogen) atoms. The monoisotopic (exact) mass is 350 g/mol. The lowest BCUT2D eigenvalue weighted by atomic mass is 9.79. The predicted molar refractivity (Wildman–Crippen MR) is 93.9 cm³/mol. The van der Waals surface area contributed by atoms with Crippen molar-refractivity contribution in [2.24, 2.45) is 5.92 Å². The Balaban J connectivity index is 1.83. The van der Waals surface area contributed by atoms with Crippen LogP contribution in [0, 0.1) is 5.92 Å². The molecule has 3 aliphatic rings. The van der Waals surface area contributed by atoms with Crippen molar-refractivity contribution in [1.29, 1.82) is 0 Å². The summed E-state index contributed by atoms with van der Waals surface area (Å²) >= 11 is 0. The van der Waals surface area contributed by atoms with Gasteiger partial charge in [-0.3, -0.25) is 0 Å². The predicted octanol–water partition coefficient (Wildman–Crippen LogP) is 2.65. The molecule has 5 nitrogen and oxygen atoms in total. The molecule has 0 aromatic carbocycles. The molecular formula is C20H30O5. The number of esters is 1. The van der Waals surface area contributed by atoms with E-state index in [-0.39, 0.29) is 17.6 Å². The number of ether oxygens (including phenoxy) is 2. The van der Waals surface area contributed by atoms with Gasteiger partial charge in [0.2, 0.25) is 0 Å². The van der Waals surface area contributed by atoms with Gasteiger partial charge in [0, 0.05) is 5.57 Å². The van der Waals surface area contributed by atoms with E-state index in [0.29, 0.717) is 24.8 Å². The van der Waals surface area contributed by atoms with E-state index in [9.17, 15) is 15.0 Å². The molecule has 2 saturated heterocycles. The molecule has 140 valence electrons. The number of fused-ring (bicyclic) bond motifs is 3. The van der Waals surface area contributed by atoms with Gasteiger partial charge in [0.15, 0.2) is 0 Å². The number of hydrogen-bond donors (Lipinski definition) is 2. The second-order valence-corrected chi connectivity index (χ2v) is 8.67. The SMILES string of the molecule is C=C1C(=O)OC2CC1CCC1(C)OC1CCC(C)(O)C=CCC2(C)O. The van der Waals surface area contributed by atoms with Gasteiger partial charge in [0.1, 0.15) is 11.7 Å². The van der Waals surface area contributed by atoms with Gasteiger partial charge >= 0.3 is 5.97 Å². The first-order chi connectivity index (χ1) is 11.5. The van der Waals surface area contributed by atoms with E-state index in [2.05, 4.69) is 13.5 Å². The van der Waals surface area contributed by atoms with Crippen molar-refractivity contribution >= 4 is 5.97 Å².